The minimum atomic E-state index is -1.81. The number of rotatable bonds is 8. The number of carbonyl (C=O) groups excluding carboxylic acids is 3. The summed E-state index contributed by atoms with van der Waals surface area (Å²) < 4.78 is 34.0. The number of allylic oxidation sites excluding steroid dienone is 4. The number of aliphatic hydroxyl groups is 6. The summed E-state index contributed by atoms with van der Waals surface area (Å²) in [5.74, 6) is -4.20. The van der Waals surface area contributed by atoms with Gasteiger partial charge in [0.05, 0.1) is 42.5 Å². The minimum Gasteiger partial charge on any atom is -0.459 e. The molecule has 0 spiro atoms. The van der Waals surface area contributed by atoms with Gasteiger partial charge in [-0.3, -0.25) is 19.3 Å². The van der Waals surface area contributed by atoms with E-state index in [4.69, 9.17) is 14.2 Å². The summed E-state index contributed by atoms with van der Waals surface area (Å²) in [5, 5.41) is 72.9. The molecule has 15 heteroatoms. The zero-order valence-electron chi connectivity index (χ0n) is 37.8. The largest absolute Gasteiger partial charge is 0.459 e. The van der Waals surface area contributed by atoms with Crippen molar-refractivity contribution in [1.29, 1.82) is 0 Å². The van der Waals surface area contributed by atoms with Crippen LogP contribution in [0.2, 0.25) is 0 Å². The van der Waals surface area contributed by atoms with E-state index in [2.05, 4.69) is 5.32 Å². The Morgan fingerprint density at radius 3 is 2.40 bits per heavy atom. The van der Waals surface area contributed by atoms with E-state index in [-0.39, 0.29) is 68.3 Å². The van der Waals surface area contributed by atoms with Gasteiger partial charge in [-0.05, 0) is 128 Å². The molecule has 0 aromatic heterocycles. The van der Waals surface area contributed by atoms with Crippen molar-refractivity contribution in [2.24, 2.45) is 40.4 Å². The highest BCUT2D eigenvalue weighted by Gasteiger charge is 2.69. The number of hydrogen-bond donors (Lipinski definition) is 7. The first-order valence-electron chi connectivity index (χ1n) is 23.4. The van der Waals surface area contributed by atoms with Crippen LogP contribution in [0.15, 0.2) is 23.8 Å². The Morgan fingerprint density at radius 1 is 0.984 bits per heavy atom. The molecule has 62 heavy (non-hydrogen) atoms. The highest BCUT2D eigenvalue weighted by Crippen LogP contribution is 2.67. The lowest BCUT2D eigenvalue weighted by molar-refractivity contribution is -0.243. The third-order valence-corrected chi connectivity index (χ3v) is 16.4. The third kappa shape index (κ3) is 9.36. The van der Waals surface area contributed by atoms with E-state index in [0.29, 0.717) is 44.3 Å². The molecule has 5 fully saturated rings. The third-order valence-electron chi connectivity index (χ3n) is 16.4. The second kappa shape index (κ2) is 19.6. The molecule has 2 saturated heterocycles. The standard InChI is InChI=1S/C47H75FN2O12/c1-8-36-41(56)40(55)28(5)50(20-10-13-34(52)42(62-37-14-9-12-25(2)60-37)26(3)39(54)27(4)43(57)61-36)21-11-19-49-44(58)47(59)18-16-31-30-23-33(48)32-22-29(51)15-17-45(32,6)38(30)35(53)24-46(31,47)7/h15,17,22,25-28,30-31,33-42,52-56,59H,8-14,16,18-21,23-24H2,1-7H3,(H,49,58)/t25-,26+,27-,28-,30?,31?,33+,34-,35?,36-,37+,38?,39?,40-,41-,42?,45+,46+,47+/m1/s1. The summed E-state index contributed by atoms with van der Waals surface area (Å²) in [7, 11) is 0. The van der Waals surface area contributed by atoms with E-state index in [1.165, 1.54) is 19.1 Å². The summed E-state index contributed by atoms with van der Waals surface area (Å²) in [6.45, 7) is 13.3. The summed E-state index contributed by atoms with van der Waals surface area (Å²) >= 11 is 0. The van der Waals surface area contributed by atoms with Crippen molar-refractivity contribution in [3.63, 3.8) is 0 Å². The fourth-order valence-electron chi connectivity index (χ4n) is 12.5. The highest BCUT2D eigenvalue weighted by atomic mass is 19.1. The number of hydrogen-bond acceptors (Lipinski definition) is 13. The molecule has 4 aliphatic carbocycles. The number of alkyl halides is 1. The van der Waals surface area contributed by atoms with Crippen LogP contribution >= 0.6 is 0 Å². The van der Waals surface area contributed by atoms with Gasteiger partial charge in [0.25, 0.3) is 5.91 Å². The first-order chi connectivity index (χ1) is 29.2. The van der Waals surface area contributed by atoms with Gasteiger partial charge in [0.1, 0.15) is 24.0 Å². The van der Waals surface area contributed by atoms with Gasteiger partial charge in [-0.25, -0.2) is 4.39 Å². The van der Waals surface area contributed by atoms with Gasteiger partial charge in [0, 0.05) is 41.8 Å². The Labute approximate surface area is 366 Å². The monoisotopic (exact) mass is 879 g/mol. The predicted octanol–water partition coefficient (Wildman–Crippen LogP) is 3.27. The zero-order chi connectivity index (χ0) is 45.5. The van der Waals surface area contributed by atoms with Gasteiger partial charge >= 0.3 is 5.97 Å². The number of nitrogens with one attached hydrogen (secondary N) is 1. The number of ketones is 1. The molecule has 0 bridgehead atoms. The molecule has 6 unspecified atom stereocenters. The topological polar surface area (TPSA) is 216 Å². The summed E-state index contributed by atoms with van der Waals surface area (Å²) in [5.41, 5.74) is -3.30. The van der Waals surface area contributed by atoms with Crippen LogP contribution in [0.5, 0.6) is 0 Å². The van der Waals surface area contributed by atoms with Gasteiger partial charge in [-0.1, -0.05) is 33.8 Å². The Morgan fingerprint density at radius 2 is 1.71 bits per heavy atom. The average molecular weight is 879 g/mol. The number of fused-ring (bicyclic) bond motifs is 5. The average Bonchev–Trinajstić information content (AvgIpc) is 3.51. The molecule has 7 N–H and O–H groups in total. The van der Waals surface area contributed by atoms with Gasteiger partial charge in [0.2, 0.25) is 0 Å². The quantitative estimate of drug-likeness (QED) is 0.138. The molecular weight excluding hydrogens is 804 g/mol. The lowest BCUT2D eigenvalue weighted by Crippen LogP contribution is -2.64. The maximum Gasteiger partial charge on any atom is 0.311 e. The molecule has 19 atom stereocenters. The number of esters is 1. The van der Waals surface area contributed by atoms with Crippen molar-refractivity contribution < 1.29 is 63.6 Å². The van der Waals surface area contributed by atoms with Gasteiger partial charge < -0.3 is 50.2 Å². The van der Waals surface area contributed by atoms with Crippen LogP contribution in [-0.4, -0.2) is 146 Å². The lowest BCUT2D eigenvalue weighted by atomic mass is 9.46. The second-order valence-electron chi connectivity index (χ2n) is 20.2. The van der Waals surface area contributed by atoms with E-state index in [0.717, 1.165) is 12.8 Å². The first-order valence-corrected chi connectivity index (χ1v) is 23.4. The smallest absolute Gasteiger partial charge is 0.311 e. The van der Waals surface area contributed by atoms with Crippen LogP contribution in [0.25, 0.3) is 0 Å². The van der Waals surface area contributed by atoms with E-state index in [1.54, 1.807) is 26.8 Å². The van der Waals surface area contributed by atoms with Crippen LogP contribution in [0, 0.1) is 40.4 Å². The highest BCUT2D eigenvalue weighted by molar-refractivity contribution is 6.01. The van der Waals surface area contributed by atoms with E-state index in [1.807, 2.05) is 25.7 Å². The second-order valence-corrected chi connectivity index (χ2v) is 20.2. The normalized spacial score (nSPS) is 47.2. The summed E-state index contributed by atoms with van der Waals surface area (Å²) in [6, 6.07) is -0.652. The fourth-order valence-corrected chi connectivity index (χ4v) is 12.5. The molecule has 0 aromatic carbocycles. The van der Waals surface area contributed by atoms with Gasteiger partial charge in [0.15, 0.2) is 12.1 Å². The summed E-state index contributed by atoms with van der Waals surface area (Å²) in [4.78, 5) is 41.6. The first kappa shape index (κ1) is 49.1. The lowest BCUT2D eigenvalue weighted by Gasteiger charge is -2.60. The van der Waals surface area contributed by atoms with Crippen molar-refractivity contribution >= 4 is 17.7 Å². The van der Waals surface area contributed by atoms with Crippen molar-refractivity contribution in [3.8, 4) is 0 Å². The van der Waals surface area contributed by atoms with Gasteiger partial charge in [-0.2, -0.15) is 0 Å². The van der Waals surface area contributed by atoms with Crippen LogP contribution in [0.4, 0.5) is 4.39 Å². The molecule has 1 amide bonds. The molecule has 0 aromatic rings. The molecule has 2 heterocycles. The number of nitrogens with zero attached hydrogens (tertiary/aromatic N) is 1. The molecule has 6 aliphatic rings. The Kier molecular flexibility index (Phi) is 15.6. The molecule has 0 radical (unpaired) electrons. The Hall–Kier alpha value is -2.34. The zero-order valence-corrected chi connectivity index (χ0v) is 37.8. The Balaban J connectivity index is 1.13. The van der Waals surface area contributed by atoms with Crippen molar-refractivity contribution in [3.05, 3.63) is 23.8 Å². The van der Waals surface area contributed by atoms with Crippen LogP contribution in [0.1, 0.15) is 119 Å². The van der Waals surface area contributed by atoms with Crippen molar-refractivity contribution in [2.45, 2.75) is 192 Å². The summed E-state index contributed by atoms with van der Waals surface area (Å²) in [6.07, 6.45) is -0.831. The molecule has 2 aliphatic heterocycles. The van der Waals surface area contributed by atoms with Crippen molar-refractivity contribution in [1.82, 2.24) is 10.2 Å². The molecular formula is C47H75FN2O12. The minimum absolute atomic E-state index is 0.0267. The van der Waals surface area contributed by atoms with Crippen LogP contribution in [0.3, 0.4) is 0 Å². The molecule has 6 rings (SSSR count). The van der Waals surface area contributed by atoms with E-state index >= 15 is 4.39 Å². The number of ether oxygens (including phenoxy) is 3. The van der Waals surface area contributed by atoms with Crippen molar-refractivity contribution in [2.75, 3.05) is 19.6 Å². The van der Waals surface area contributed by atoms with E-state index < -0.39 is 101 Å². The number of halogens is 1. The number of amides is 1. The van der Waals surface area contributed by atoms with E-state index in [9.17, 15) is 45.0 Å². The molecule has 352 valence electrons. The fraction of sp³-hybridized carbons (Fsp3) is 0.851. The molecule has 3 saturated carbocycles. The van der Waals surface area contributed by atoms with Crippen LogP contribution in [-0.2, 0) is 28.6 Å². The number of cyclic esters (lactones) is 1. The maximum absolute atomic E-state index is 15.8. The SMILES string of the molecule is CC[C@H]1OC(=O)[C@H](C)C(O)[C@H](C)C(O[C@H]2CCC[C@@H](C)O2)[C@H](O)CCCN(CCCNC(=O)[C@@]2(O)CCC3C4C[C@H](F)C5=CC(=O)C=C[C@]5(C)C4C(O)C[C@@]32C)[C@H](C)[C@@H](O)[C@@H]1O. The Bertz CT molecular complexity index is 1670. The number of aliphatic hydroxyl groups excluding tert-OH is 5. The van der Waals surface area contributed by atoms with Crippen LogP contribution < -0.4 is 5.32 Å². The predicted molar refractivity (Wildman–Crippen MR) is 227 cm³/mol. The molecule has 14 nitrogen and oxygen atoms in total. The maximum atomic E-state index is 15.8. The van der Waals surface area contributed by atoms with Gasteiger partial charge in [-0.15, -0.1) is 0 Å². The number of carbonyl (C=O) groups is 3.